The normalized spacial score (nSPS) is 13.1. The first kappa shape index (κ1) is 17.8. The third kappa shape index (κ3) is 5.93. The van der Waals surface area contributed by atoms with E-state index in [9.17, 15) is 16.8 Å². The van der Waals surface area contributed by atoms with Crippen LogP contribution in [-0.4, -0.2) is 40.2 Å². The van der Waals surface area contributed by atoms with E-state index in [2.05, 4.69) is 19.9 Å². The van der Waals surface area contributed by atoms with Gasteiger partial charge in [0.15, 0.2) is 0 Å². The molecule has 0 aliphatic rings. The first-order valence-corrected chi connectivity index (χ1v) is 9.24. The predicted octanol–water partition coefficient (Wildman–Crippen LogP) is -1.03. The molecule has 0 saturated heterocycles. The Hall–Kier alpha value is -1.27. The number of pyridine rings is 1. The highest BCUT2D eigenvalue weighted by Crippen LogP contribution is 2.12. The number of rotatable bonds is 7. The fourth-order valence-corrected chi connectivity index (χ4v) is 3.85. The molecule has 21 heavy (non-hydrogen) atoms. The van der Waals surface area contributed by atoms with Crippen LogP contribution in [-0.2, 0) is 20.0 Å². The maximum Gasteiger partial charge on any atom is 0.240 e. The molecule has 0 unspecified atom stereocenters. The fraction of sp³-hybridized carbons (Fsp3) is 0.500. The zero-order valence-electron chi connectivity index (χ0n) is 11.9. The number of hydrogen-bond acceptors (Lipinski definition) is 7. The van der Waals surface area contributed by atoms with Gasteiger partial charge in [-0.3, -0.25) is 0 Å². The molecular weight excluding hydrogens is 318 g/mol. The molecule has 0 atom stereocenters. The Morgan fingerprint density at radius 1 is 1.29 bits per heavy atom. The van der Waals surface area contributed by atoms with Crippen molar-refractivity contribution in [2.75, 3.05) is 18.2 Å². The number of nitrogens with one attached hydrogen (secondary N) is 3. The molecule has 120 valence electrons. The van der Waals surface area contributed by atoms with E-state index < -0.39 is 25.6 Å². The van der Waals surface area contributed by atoms with Crippen molar-refractivity contribution in [2.45, 2.75) is 24.3 Å². The molecule has 0 fully saturated rings. The van der Waals surface area contributed by atoms with Gasteiger partial charge in [-0.25, -0.2) is 37.1 Å². The molecule has 0 saturated carbocycles. The molecule has 0 aliphatic carbocycles. The SMILES string of the molecule is CC(C)(CNS(=O)(=O)c1ccnc(NN)c1)NS(C)(=O)=O. The van der Waals surface area contributed by atoms with Crippen molar-refractivity contribution >= 4 is 25.9 Å². The summed E-state index contributed by atoms with van der Waals surface area (Å²) in [6, 6.07) is 2.57. The van der Waals surface area contributed by atoms with Crippen LogP contribution in [0.25, 0.3) is 0 Å². The summed E-state index contributed by atoms with van der Waals surface area (Å²) in [5, 5.41) is 0. The summed E-state index contributed by atoms with van der Waals surface area (Å²) < 4.78 is 51.3. The molecule has 1 heterocycles. The van der Waals surface area contributed by atoms with Crippen LogP contribution in [0.3, 0.4) is 0 Å². The Morgan fingerprint density at radius 2 is 1.90 bits per heavy atom. The summed E-state index contributed by atoms with van der Waals surface area (Å²) in [6.07, 6.45) is 2.30. The summed E-state index contributed by atoms with van der Waals surface area (Å²) >= 11 is 0. The van der Waals surface area contributed by atoms with E-state index in [0.29, 0.717) is 0 Å². The number of nitrogens with zero attached hydrogens (tertiary/aromatic N) is 1. The minimum Gasteiger partial charge on any atom is -0.308 e. The fourth-order valence-electron chi connectivity index (χ4n) is 1.55. The van der Waals surface area contributed by atoms with Crippen molar-refractivity contribution in [3.63, 3.8) is 0 Å². The molecule has 1 aromatic rings. The Kier molecular flexibility index (Phi) is 5.28. The zero-order valence-corrected chi connectivity index (χ0v) is 13.5. The van der Waals surface area contributed by atoms with E-state index in [1.54, 1.807) is 13.8 Å². The van der Waals surface area contributed by atoms with E-state index in [0.717, 1.165) is 6.26 Å². The van der Waals surface area contributed by atoms with Gasteiger partial charge in [-0.2, -0.15) is 0 Å². The van der Waals surface area contributed by atoms with Crippen molar-refractivity contribution in [1.82, 2.24) is 14.4 Å². The second kappa shape index (κ2) is 6.23. The quantitative estimate of drug-likeness (QED) is 0.368. The topological polar surface area (TPSA) is 143 Å². The van der Waals surface area contributed by atoms with Gasteiger partial charge in [0.2, 0.25) is 20.0 Å². The van der Waals surface area contributed by atoms with Gasteiger partial charge in [0.05, 0.1) is 11.2 Å². The predicted molar refractivity (Wildman–Crippen MR) is 79.3 cm³/mol. The molecule has 0 aromatic carbocycles. The maximum atomic E-state index is 12.1. The largest absolute Gasteiger partial charge is 0.308 e. The molecule has 0 aliphatic heterocycles. The average molecular weight is 337 g/mol. The average Bonchev–Trinajstić information content (AvgIpc) is 2.34. The van der Waals surface area contributed by atoms with Crippen molar-refractivity contribution in [2.24, 2.45) is 5.84 Å². The van der Waals surface area contributed by atoms with Crippen LogP contribution in [0.15, 0.2) is 23.2 Å². The zero-order chi connectivity index (χ0) is 16.3. The van der Waals surface area contributed by atoms with Gasteiger partial charge in [-0.05, 0) is 19.9 Å². The van der Waals surface area contributed by atoms with Crippen LogP contribution in [0.4, 0.5) is 5.82 Å². The Balaban J connectivity index is 2.86. The lowest BCUT2D eigenvalue weighted by Gasteiger charge is -2.25. The van der Waals surface area contributed by atoms with Gasteiger partial charge in [0.1, 0.15) is 5.82 Å². The molecule has 1 rings (SSSR count). The van der Waals surface area contributed by atoms with Crippen LogP contribution in [0, 0.1) is 0 Å². The van der Waals surface area contributed by atoms with Gasteiger partial charge in [0, 0.05) is 24.3 Å². The van der Waals surface area contributed by atoms with Crippen LogP contribution in [0.5, 0.6) is 0 Å². The van der Waals surface area contributed by atoms with Crippen molar-refractivity contribution in [1.29, 1.82) is 0 Å². The van der Waals surface area contributed by atoms with Gasteiger partial charge in [0.25, 0.3) is 0 Å². The van der Waals surface area contributed by atoms with Gasteiger partial charge in [-0.1, -0.05) is 0 Å². The Labute approximate surface area is 124 Å². The van der Waals surface area contributed by atoms with E-state index in [4.69, 9.17) is 5.84 Å². The van der Waals surface area contributed by atoms with Gasteiger partial charge >= 0.3 is 0 Å². The lowest BCUT2D eigenvalue weighted by Crippen LogP contribution is -2.50. The number of hydrazine groups is 1. The second-order valence-electron chi connectivity index (χ2n) is 5.10. The van der Waals surface area contributed by atoms with E-state index >= 15 is 0 Å². The van der Waals surface area contributed by atoms with E-state index in [1.165, 1.54) is 18.3 Å². The summed E-state index contributed by atoms with van der Waals surface area (Å²) in [7, 11) is -7.25. The molecule has 11 heteroatoms. The van der Waals surface area contributed by atoms with Crippen LogP contribution in [0.2, 0.25) is 0 Å². The number of nitrogen functional groups attached to an aromatic ring is 1. The highest BCUT2D eigenvalue weighted by molar-refractivity contribution is 7.89. The lowest BCUT2D eigenvalue weighted by atomic mass is 10.1. The Bertz CT molecular complexity index is 700. The van der Waals surface area contributed by atoms with Crippen LogP contribution < -0.4 is 20.7 Å². The first-order chi connectivity index (χ1) is 9.45. The number of sulfonamides is 2. The van der Waals surface area contributed by atoms with Gasteiger partial charge < -0.3 is 5.43 Å². The minimum absolute atomic E-state index is 0.0272. The molecule has 5 N–H and O–H groups in total. The van der Waals surface area contributed by atoms with E-state index in [-0.39, 0.29) is 17.3 Å². The molecule has 9 nitrogen and oxygen atoms in total. The highest BCUT2D eigenvalue weighted by atomic mass is 32.2. The standard InChI is InChI=1S/C10H19N5O4S2/c1-10(2,15-20(3,16)17)7-13-21(18,19)8-4-5-12-9(6-8)14-11/h4-6,13,15H,7,11H2,1-3H3,(H,12,14). The highest BCUT2D eigenvalue weighted by Gasteiger charge is 2.25. The summed E-state index contributed by atoms with van der Waals surface area (Å²) in [5.41, 5.74) is 1.28. The smallest absolute Gasteiger partial charge is 0.240 e. The number of anilines is 1. The minimum atomic E-state index is -3.80. The second-order valence-corrected chi connectivity index (χ2v) is 8.62. The third-order valence-corrected chi connectivity index (χ3v) is 4.68. The molecule has 0 amide bonds. The van der Waals surface area contributed by atoms with Crippen LogP contribution in [0.1, 0.15) is 13.8 Å². The maximum absolute atomic E-state index is 12.1. The molecule has 0 spiro atoms. The van der Waals surface area contributed by atoms with Crippen molar-refractivity contribution in [3.05, 3.63) is 18.3 Å². The summed E-state index contributed by atoms with van der Waals surface area (Å²) in [6.45, 7) is 3.02. The number of nitrogens with two attached hydrogens (primary N) is 1. The van der Waals surface area contributed by atoms with Crippen LogP contribution >= 0.6 is 0 Å². The van der Waals surface area contributed by atoms with Gasteiger partial charge in [-0.15, -0.1) is 0 Å². The lowest BCUT2D eigenvalue weighted by molar-refractivity contribution is 0.446. The summed E-state index contributed by atoms with van der Waals surface area (Å²) in [5.74, 6) is 5.37. The monoisotopic (exact) mass is 337 g/mol. The first-order valence-electron chi connectivity index (χ1n) is 5.86. The van der Waals surface area contributed by atoms with E-state index in [1.807, 2.05) is 0 Å². The van der Waals surface area contributed by atoms with Crippen molar-refractivity contribution < 1.29 is 16.8 Å². The summed E-state index contributed by atoms with van der Waals surface area (Å²) in [4.78, 5) is 3.78. The third-order valence-electron chi connectivity index (χ3n) is 2.36. The molecule has 1 aromatic heterocycles. The van der Waals surface area contributed by atoms with Crippen molar-refractivity contribution in [3.8, 4) is 0 Å². The number of hydrogen-bond donors (Lipinski definition) is 4. The molecular formula is C10H19N5O4S2. The molecule has 0 bridgehead atoms. The Morgan fingerprint density at radius 3 is 2.43 bits per heavy atom. The number of aromatic nitrogens is 1. The molecule has 0 radical (unpaired) electrons.